The van der Waals surface area contributed by atoms with Crippen LogP contribution >= 0.6 is 11.6 Å². The smallest absolute Gasteiger partial charge is 0.124 e. The Balaban J connectivity index is 1.70. The third-order valence-electron chi connectivity index (χ3n) is 3.23. The predicted molar refractivity (Wildman–Crippen MR) is 95.3 cm³/mol. The van der Waals surface area contributed by atoms with E-state index in [9.17, 15) is 0 Å². The molecule has 2 N–H and O–H groups in total. The Morgan fingerprint density at radius 3 is 2.48 bits per heavy atom. The summed E-state index contributed by atoms with van der Waals surface area (Å²) in [7, 11) is 0. The Labute approximate surface area is 139 Å². The molecule has 0 unspecified atom stereocenters. The van der Waals surface area contributed by atoms with Crippen molar-refractivity contribution >= 4 is 29.2 Å². The average Bonchev–Trinajstić information content (AvgIpc) is 3.10. The summed E-state index contributed by atoms with van der Waals surface area (Å²) in [6, 6.07) is 15.3. The van der Waals surface area contributed by atoms with E-state index in [1.54, 1.807) is 30.7 Å². The number of aliphatic imine (C=N–C) groups is 1. The second-order valence-electron chi connectivity index (χ2n) is 4.91. The van der Waals surface area contributed by atoms with Crippen LogP contribution in [0.5, 0.6) is 0 Å². The highest BCUT2D eigenvalue weighted by Gasteiger charge is 1.95. The minimum absolute atomic E-state index is 0.436. The molecule has 114 valence electrons. The van der Waals surface area contributed by atoms with Gasteiger partial charge in [0.15, 0.2) is 0 Å². The van der Waals surface area contributed by atoms with Crippen LogP contribution in [0.2, 0.25) is 5.02 Å². The van der Waals surface area contributed by atoms with Gasteiger partial charge in [-0.3, -0.25) is 0 Å². The average molecular weight is 323 g/mol. The van der Waals surface area contributed by atoms with Gasteiger partial charge in [-0.25, -0.2) is 9.98 Å². The molecule has 0 radical (unpaired) electrons. The number of nitrogens with zero attached hydrogens (tertiary/aromatic N) is 3. The van der Waals surface area contributed by atoms with E-state index in [4.69, 9.17) is 17.3 Å². The molecular formula is C18H15ClN4. The quantitative estimate of drug-likeness (QED) is 0.577. The normalized spacial score (nSPS) is 12.0. The van der Waals surface area contributed by atoms with Gasteiger partial charge in [-0.15, -0.1) is 0 Å². The van der Waals surface area contributed by atoms with E-state index in [1.807, 2.05) is 53.2 Å². The van der Waals surface area contributed by atoms with Crippen LogP contribution in [0.15, 0.2) is 78.3 Å². The number of aromatic nitrogens is 2. The molecule has 0 aliphatic carbocycles. The zero-order chi connectivity index (χ0) is 16.1. The summed E-state index contributed by atoms with van der Waals surface area (Å²) in [5, 5.41) is 0.677. The van der Waals surface area contributed by atoms with Crippen molar-refractivity contribution in [3.05, 3.63) is 83.9 Å². The lowest BCUT2D eigenvalue weighted by molar-refractivity contribution is 1.06. The minimum atomic E-state index is 0.436. The highest BCUT2D eigenvalue weighted by Crippen LogP contribution is 2.16. The first-order valence-electron chi connectivity index (χ1n) is 7.07. The maximum atomic E-state index is 5.92. The molecule has 23 heavy (non-hydrogen) atoms. The van der Waals surface area contributed by atoms with Crippen LogP contribution in [0.4, 0.5) is 5.69 Å². The van der Waals surface area contributed by atoms with Crippen LogP contribution in [0.1, 0.15) is 5.56 Å². The van der Waals surface area contributed by atoms with Crippen molar-refractivity contribution in [2.45, 2.75) is 0 Å². The lowest BCUT2D eigenvalue weighted by atomic mass is 10.2. The first-order chi connectivity index (χ1) is 11.2. The van der Waals surface area contributed by atoms with E-state index in [1.165, 1.54) is 0 Å². The van der Waals surface area contributed by atoms with Crippen LogP contribution in [0.25, 0.3) is 11.8 Å². The number of benzene rings is 2. The van der Waals surface area contributed by atoms with Gasteiger partial charge >= 0.3 is 0 Å². The molecule has 3 rings (SSSR count). The molecule has 0 saturated heterocycles. The Morgan fingerprint density at radius 1 is 1.09 bits per heavy atom. The van der Waals surface area contributed by atoms with Crippen molar-refractivity contribution in [2.24, 2.45) is 10.7 Å². The number of hydrogen-bond donors (Lipinski definition) is 1. The number of hydrogen-bond acceptors (Lipinski definition) is 2. The summed E-state index contributed by atoms with van der Waals surface area (Å²) in [6.45, 7) is 0. The molecule has 0 bridgehead atoms. The van der Waals surface area contributed by atoms with Crippen molar-refractivity contribution in [3.8, 4) is 5.69 Å². The maximum Gasteiger partial charge on any atom is 0.124 e. The first kappa shape index (κ1) is 15.1. The highest BCUT2D eigenvalue weighted by molar-refractivity contribution is 6.30. The summed E-state index contributed by atoms with van der Waals surface area (Å²) in [4.78, 5) is 8.34. The summed E-state index contributed by atoms with van der Waals surface area (Å²) in [5.74, 6) is 0.436. The maximum absolute atomic E-state index is 5.92. The fourth-order valence-corrected chi connectivity index (χ4v) is 2.18. The number of halogens is 1. The molecule has 1 aromatic heterocycles. The molecule has 1 heterocycles. The third kappa shape index (κ3) is 4.08. The van der Waals surface area contributed by atoms with Crippen molar-refractivity contribution < 1.29 is 0 Å². The Bertz CT molecular complexity index is 816. The van der Waals surface area contributed by atoms with Gasteiger partial charge in [0.2, 0.25) is 0 Å². The standard InChI is InChI=1S/C18H15ClN4/c19-15-4-6-16(7-5-15)22-18(20)10-3-14-1-8-17(9-2-14)23-12-11-21-13-23/h1-13H,(H2,20,22). The lowest BCUT2D eigenvalue weighted by Gasteiger charge is -2.02. The largest absolute Gasteiger partial charge is 0.384 e. The molecule has 0 spiro atoms. The summed E-state index contributed by atoms with van der Waals surface area (Å²) in [5.41, 5.74) is 8.79. The van der Waals surface area contributed by atoms with Gasteiger partial charge in [-0.1, -0.05) is 29.8 Å². The van der Waals surface area contributed by atoms with E-state index in [-0.39, 0.29) is 0 Å². The Morgan fingerprint density at radius 2 is 1.83 bits per heavy atom. The monoisotopic (exact) mass is 322 g/mol. The van der Waals surface area contributed by atoms with Crippen LogP contribution in [0.3, 0.4) is 0 Å². The van der Waals surface area contributed by atoms with Gasteiger partial charge in [0.25, 0.3) is 0 Å². The van der Waals surface area contributed by atoms with Crippen LogP contribution < -0.4 is 5.73 Å². The molecule has 0 fully saturated rings. The molecular weight excluding hydrogens is 308 g/mol. The SMILES string of the molecule is NC(C=Cc1ccc(-n2ccnc2)cc1)=Nc1ccc(Cl)cc1. The Kier molecular flexibility index (Phi) is 4.54. The second kappa shape index (κ2) is 6.94. The van der Waals surface area contributed by atoms with Crippen molar-refractivity contribution in [1.29, 1.82) is 0 Å². The van der Waals surface area contributed by atoms with E-state index < -0.39 is 0 Å². The lowest BCUT2D eigenvalue weighted by Crippen LogP contribution is -2.06. The Hall–Kier alpha value is -2.85. The van der Waals surface area contributed by atoms with Crippen molar-refractivity contribution in [2.75, 3.05) is 0 Å². The topological polar surface area (TPSA) is 56.2 Å². The molecule has 0 aliphatic heterocycles. The zero-order valence-electron chi connectivity index (χ0n) is 12.3. The second-order valence-corrected chi connectivity index (χ2v) is 5.34. The molecule has 3 aromatic rings. The zero-order valence-corrected chi connectivity index (χ0v) is 13.1. The highest BCUT2D eigenvalue weighted by atomic mass is 35.5. The van der Waals surface area contributed by atoms with E-state index in [0.717, 1.165) is 16.9 Å². The molecule has 0 aliphatic rings. The molecule has 4 nitrogen and oxygen atoms in total. The third-order valence-corrected chi connectivity index (χ3v) is 3.48. The first-order valence-corrected chi connectivity index (χ1v) is 7.45. The minimum Gasteiger partial charge on any atom is -0.384 e. The van der Waals surface area contributed by atoms with E-state index in [0.29, 0.717) is 10.9 Å². The van der Waals surface area contributed by atoms with Gasteiger partial charge < -0.3 is 10.3 Å². The molecule has 0 amide bonds. The van der Waals surface area contributed by atoms with Gasteiger partial charge in [-0.05, 0) is 48.0 Å². The van der Waals surface area contributed by atoms with Crippen LogP contribution in [0, 0.1) is 0 Å². The van der Waals surface area contributed by atoms with Crippen LogP contribution in [-0.2, 0) is 0 Å². The summed E-state index contributed by atoms with van der Waals surface area (Å²) in [6.07, 6.45) is 9.12. The molecule has 5 heteroatoms. The number of rotatable bonds is 4. The summed E-state index contributed by atoms with van der Waals surface area (Å²) >= 11 is 5.84. The number of imidazole rings is 1. The predicted octanol–water partition coefficient (Wildman–Crippen LogP) is 4.23. The number of nitrogens with two attached hydrogens (primary N) is 1. The summed E-state index contributed by atoms with van der Waals surface area (Å²) < 4.78 is 1.95. The fraction of sp³-hybridized carbons (Fsp3) is 0. The van der Waals surface area contributed by atoms with Crippen molar-refractivity contribution in [3.63, 3.8) is 0 Å². The van der Waals surface area contributed by atoms with Crippen LogP contribution in [-0.4, -0.2) is 15.4 Å². The fourth-order valence-electron chi connectivity index (χ4n) is 2.05. The van der Waals surface area contributed by atoms with E-state index in [2.05, 4.69) is 9.98 Å². The van der Waals surface area contributed by atoms with Crippen molar-refractivity contribution in [1.82, 2.24) is 9.55 Å². The van der Waals surface area contributed by atoms with Gasteiger partial charge in [0.05, 0.1) is 12.0 Å². The van der Waals surface area contributed by atoms with Gasteiger partial charge in [-0.2, -0.15) is 0 Å². The molecule has 0 saturated carbocycles. The number of amidine groups is 1. The molecule has 2 aromatic carbocycles. The molecule has 0 atom stereocenters. The van der Waals surface area contributed by atoms with E-state index >= 15 is 0 Å². The van der Waals surface area contributed by atoms with Gasteiger partial charge in [0, 0.05) is 23.1 Å². The van der Waals surface area contributed by atoms with Gasteiger partial charge in [0.1, 0.15) is 5.84 Å².